The number of ether oxygens (including phenoxy) is 1. The van der Waals surface area contributed by atoms with E-state index in [4.69, 9.17) is 4.74 Å². The highest BCUT2D eigenvalue weighted by Gasteiger charge is 2.17. The Hall–Kier alpha value is -1.22. The van der Waals surface area contributed by atoms with E-state index in [1.54, 1.807) is 0 Å². The van der Waals surface area contributed by atoms with E-state index < -0.39 is 0 Å². The fourth-order valence-electron chi connectivity index (χ4n) is 2.27. The molecule has 1 aromatic rings. The highest BCUT2D eigenvalue weighted by Crippen LogP contribution is 2.16. The summed E-state index contributed by atoms with van der Waals surface area (Å²) in [7, 11) is 0. The summed E-state index contributed by atoms with van der Waals surface area (Å²) in [5, 5.41) is 0. The maximum atomic E-state index is 11.9. The number of rotatable bonds is 5. The number of pyridine rings is 1. The second-order valence-electron chi connectivity index (χ2n) is 4.92. The zero-order valence-corrected chi connectivity index (χ0v) is 11.0. The molecule has 2 heterocycles. The summed E-state index contributed by atoms with van der Waals surface area (Å²) >= 11 is 0. The summed E-state index contributed by atoms with van der Waals surface area (Å²) in [6.07, 6.45) is 7.29. The Morgan fingerprint density at radius 2 is 2.33 bits per heavy atom. The lowest BCUT2D eigenvalue weighted by Crippen LogP contribution is -2.23. The van der Waals surface area contributed by atoms with Crippen molar-refractivity contribution >= 4 is 5.78 Å². The lowest BCUT2D eigenvalue weighted by molar-refractivity contribution is -0.122. The largest absolute Gasteiger partial charge is 0.378 e. The maximum absolute atomic E-state index is 11.9. The molecule has 3 nitrogen and oxygen atoms in total. The average Bonchev–Trinajstić information content (AvgIpc) is 2.40. The van der Waals surface area contributed by atoms with Gasteiger partial charge in [-0.1, -0.05) is 13.0 Å². The molecule has 0 N–H and O–H groups in total. The fourth-order valence-corrected chi connectivity index (χ4v) is 2.27. The number of hydrogen-bond acceptors (Lipinski definition) is 3. The van der Waals surface area contributed by atoms with Gasteiger partial charge in [0, 0.05) is 31.3 Å². The number of carbonyl (C=O) groups is 1. The van der Waals surface area contributed by atoms with Gasteiger partial charge in [0.25, 0.3) is 0 Å². The highest BCUT2D eigenvalue weighted by molar-refractivity contribution is 5.80. The van der Waals surface area contributed by atoms with Crippen LogP contribution in [0.4, 0.5) is 0 Å². The Labute approximate surface area is 109 Å². The van der Waals surface area contributed by atoms with Gasteiger partial charge in [-0.25, -0.2) is 0 Å². The van der Waals surface area contributed by atoms with Crippen LogP contribution < -0.4 is 0 Å². The van der Waals surface area contributed by atoms with E-state index in [1.807, 2.05) is 18.3 Å². The SMILES string of the molecule is CCc1ccc(CC(=O)CC2CCCCO2)nc1. The normalized spacial score (nSPS) is 19.7. The van der Waals surface area contributed by atoms with Gasteiger partial charge in [-0.05, 0) is 37.3 Å². The van der Waals surface area contributed by atoms with Crippen LogP contribution in [0.1, 0.15) is 43.9 Å². The molecule has 18 heavy (non-hydrogen) atoms. The van der Waals surface area contributed by atoms with Gasteiger partial charge in [0.1, 0.15) is 5.78 Å². The van der Waals surface area contributed by atoms with Crippen LogP contribution >= 0.6 is 0 Å². The first-order valence-corrected chi connectivity index (χ1v) is 6.85. The summed E-state index contributed by atoms with van der Waals surface area (Å²) in [4.78, 5) is 16.2. The zero-order chi connectivity index (χ0) is 12.8. The van der Waals surface area contributed by atoms with Gasteiger partial charge in [-0.15, -0.1) is 0 Å². The van der Waals surface area contributed by atoms with E-state index in [0.717, 1.165) is 31.6 Å². The maximum Gasteiger partial charge on any atom is 0.141 e. The summed E-state index contributed by atoms with van der Waals surface area (Å²) in [6, 6.07) is 4.01. The molecular weight excluding hydrogens is 226 g/mol. The number of nitrogens with zero attached hydrogens (tertiary/aromatic N) is 1. The van der Waals surface area contributed by atoms with Gasteiger partial charge < -0.3 is 4.74 Å². The van der Waals surface area contributed by atoms with Crippen molar-refractivity contribution in [3.63, 3.8) is 0 Å². The predicted molar refractivity (Wildman–Crippen MR) is 70.5 cm³/mol. The van der Waals surface area contributed by atoms with E-state index in [2.05, 4.69) is 11.9 Å². The summed E-state index contributed by atoms with van der Waals surface area (Å²) in [5.74, 6) is 0.235. The number of ketones is 1. The Balaban J connectivity index is 1.82. The zero-order valence-electron chi connectivity index (χ0n) is 11.0. The van der Waals surface area contributed by atoms with Crippen LogP contribution in [0.15, 0.2) is 18.3 Å². The van der Waals surface area contributed by atoms with Crippen LogP contribution in [0, 0.1) is 0 Å². The molecule has 0 spiro atoms. The molecule has 0 saturated carbocycles. The molecule has 0 aliphatic carbocycles. The van der Waals surface area contributed by atoms with Crippen LogP contribution in [0.25, 0.3) is 0 Å². The van der Waals surface area contributed by atoms with Crippen molar-refractivity contribution in [2.24, 2.45) is 0 Å². The van der Waals surface area contributed by atoms with Crippen LogP contribution in [-0.4, -0.2) is 23.5 Å². The molecule has 0 amide bonds. The molecule has 1 atom stereocenters. The van der Waals surface area contributed by atoms with Crippen LogP contribution in [0.3, 0.4) is 0 Å². The van der Waals surface area contributed by atoms with Crippen molar-refractivity contribution in [2.45, 2.75) is 51.6 Å². The third-order valence-electron chi connectivity index (χ3n) is 3.40. The summed E-state index contributed by atoms with van der Waals surface area (Å²) in [6.45, 7) is 2.91. The van der Waals surface area contributed by atoms with E-state index >= 15 is 0 Å². The fraction of sp³-hybridized carbons (Fsp3) is 0.600. The van der Waals surface area contributed by atoms with Gasteiger partial charge in [-0.2, -0.15) is 0 Å². The summed E-state index contributed by atoms with van der Waals surface area (Å²) in [5.41, 5.74) is 2.08. The molecule has 0 radical (unpaired) electrons. The second kappa shape index (κ2) is 6.64. The van der Waals surface area contributed by atoms with E-state index in [0.29, 0.717) is 12.8 Å². The number of hydrogen-bond donors (Lipinski definition) is 0. The molecular formula is C15H21NO2. The number of aryl methyl sites for hydroxylation is 1. The second-order valence-corrected chi connectivity index (χ2v) is 4.92. The van der Waals surface area contributed by atoms with E-state index in [9.17, 15) is 4.79 Å². The molecule has 0 aromatic carbocycles. The number of Topliss-reactive ketones (excluding diaryl/α,β-unsaturated/α-hetero) is 1. The lowest BCUT2D eigenvalue weighted by atomic mass is 10.0. The van der Waals surface area contributed by atoms with Gasteiger partial charge in [0.15, 0.2) is 0 Å². The molecule has 1 aromatic heterocycles. The van der Waals surface area contributed by atoms with Crippen molar-refractivity contribution in [3.8, 4) is 0 Å². The van der Waals surface area contributed by atoms with Crippen molar-refractivity contribution in [3.05, 3.63) is 29.6 Å². The minimum Gasteiger partial charge on any atom is -0.378 e. The molecule has 1 aliphatic heterocycles. The summed E-state index contributed by atoms with van der Waals surface area (Å²) < 4.78 is 5.58. The Morgan fingerprint density at radius 3 is 2.94 bits per heavy atom. The third kappa shape index (κ3) is 3.91. The molecule has 1 aliphatic rings. The minimum absolute atomic E-state index is 0.140. The van der Waals surface area contributed by atoms with Gasteiger partial charge >= 0.3 is 0 Å². The molecule has 1 unspecified atom stereocenters. The number of carbonyl (C=O) groups excluding carboxylic acids is 1. The van der Waals surface area contributed by atoms with E-state index in [1.165, 1.54) is 12.0 Å². The Morgan fingerprint density at radius 1 is 1.44 bits per heavy atom. The first-order chi connectivity index (χ1) is 8.78. The topological polar surface area (TPSA) is 39.2 Å². The Bertz CT molecular complexity index is 380. The quantitative estimate of drug-likeness (QED) is 0.803. The standard InChI is InChI=1S/C15H21NO2/c1-2-12-6-7-13(16-11-12)9-14(17)10-15-5-3-4-8-18-15/h6-7,11,15H,2-5,8-10H2,1H3. The molecule has 1 fully saturated rings. The van der Waals surface area contributed by atoms with Crippen LogP contribution in [0.2, 0.25) is 0 Å². The van der Waals surface area contributed by atoms with Crippen LogP contribution in [-0.2, 0) is 22.4 Å². The molecule has 98 valence electrons. The predicted octanol–water partition coefficient (Wildman–Crippen LogP) is 2.71. The Kier molecular flexibility index (Phi) is 4.88. The minimum atomic E-state index is 0.140. The van der Waals surface area contributed by atoms with E-state index in [-0.39, 0.29) is 11.9 Å². The molecule has 3 heteroatoms. The molecule has 0 bridgehead atoms. The molecule has 2 rings (SSSR count). The first kappa shape index (κ1) is 13.2. The van der Waals surface area contributed by atoms with Crippen molar-refractivity contribution in [2.75, 3.05) is 6.61 Å². The third-order valence-corrected chi connectivity index (χ3v) is 3.40. The monoisotopic (exact) mass is 247 g/mol. The molecule has 1 saturated heterocycles. The average molecular weight is 247 g/mol. The first-order valence-electron chi connectivity index (χ1n) is 6.85. The van der Waals surface area contributed by atoms with Gasteiger partial charge in [0.2, 0.25) is 0 Å². The number of aromatic nitrogens is 1. The van der Waals surface area contributed by atoms with Gasteiger partial charge in [0.05, 0.1) is 6.10 Å². The van der Waals surface area contributed by atoms with Crippen LogP contribution in [0.5, 0.6) is 0 Å². The van der Waals surface area contributed by atoms with Crippen molar-refractivity contribution in [1.29, 1.82) is 0 Å². The van der Waals surface area contributed by atoms with Crippen molar-refractivity contribution in [1.82, 2.24) is 4.98 Å². The highest BCUT2D eigenvalue weighted by atomic mass is 16.5. The van der Waals surface area contributed by atoms with Crippen molar-refractivity contribution < 1.29 is 9.53 Å². The lowest BCUT2D eigenvalue weighted by Gasteiger charge is -2.21. The smallest absolute Gasteiger partial charge is 0.141 e. The van der Waals surface area contributed by atoms with Gasteiger partial charge in [-0.3, -0.25) is 9.78 Å².